The van der Waals surface area contributed by atoms with Gasteiger partial charge in [-0.25, -0.2) is 4.98 Å². The van der Waals surface area contributed by atoms with Gasteiger partial charge in [0.05, 0.1) is 12.6 Å². The number of benzene rings is 2. The molecule has 4 nitrogen and oxygen atoms in total. The SMILES string of the molecule is COc1ccc(Cn2c(C)cc3ccnc(NCc4ccccc4)c32)cc1. The summed E-state index contributed by atoms with van der Waals surface area (Å²) in [6.07, 6.45) is 1.87. The average molecular weight is 357 g/mol. The summed E-state index contributed by atoms with van der Waals surface area (Å²) in [5, 5.41) is 4.71. The lowest BCUT2D eigenvalue weighted by molar-refractivity contribution is 0.414. The Morgan fingerprint density at radius 3 is 2.48 bits per heavy atom. The topological polar surface area (TPSA) is 39.1 Å². The summed E-state index contributed by atoms with van der Waals surface area (Å²) >= 11 is 0. The molecule has 0 saturated heterocycles. The Bertz CT molecular complexity index is 1040. The van der Waals surface area contributed by atoms with Crippen LogP contribution >= 0.6 is 0 Å². The second-order valence-electron chi connectivity index (χ2n) is 6.66. The molecule has 0 aliphatic rings. The Morgan fingerprint density at radius 1 is 0.963 bits per heavy atom. The second-order valence-corrected chi connectivity index (χ2v) is 6.66. The molecule has 2 aromatic heterocycles. The highest BCUT2D eigenvalue weighted by Gasteiger charge is 2.12. The van der Waals surface area contributed by atoms with Gasteiger partial charge in [-0.1, -0.05) is 42.5 Å². The molecule has 2 heterocycles. The maximum Gasteiger partial charge on any atom is 0.150 e. The molecule has 27 heavy (non-hydrogen) atoms. The maximum atomic E-state index is 5.26. The van der Waals surface area contributed by atoms with E-state index in [-0.39, 0.29) is 0 Å². The standard InChI is InChI=1S/C23H23N3O/c1-17-14-20-12-13-24-23(25-15-18-6-4-3-5-7-18)22(20)26(17)16-19-8-10-21(27-2)11-9-19/h3-14H,15-16H2,1-2H3,(H,24,25). The van der Waals surface area contributed by atoms with Crippen LogP contribution < -0.4 is 10.1 Å². The van der Waals surface area contributed by atoms with E-state index in [1.165, 1.54) is 22.2 Å². The van der Waals surface area contributed by atoms with Crippen LogP contribution in [0.3, 0.4) is 0 Å². The number of hydrogen-bond acceptors (Lipinski definition) is 3. The normalized spacial score (nSPS) is 10.9. The molecule has 0 saturated carbocycles. The van der Waals surface area contributed by atoms with Crippen molar-refractivity contribution in [1.82, 2.24) is 9.55 Å². The van der Waals surface area contributed by atoms with E-state index in [0.29, 0.717) is 0 Å². The Kier molecular flexibility index (Phi) is 4.79. The lowest BCUT2D eigenvalue weighted by Crippen LogP contribution is -2.06. The summed E-state index contributed by atoms with van der Waals surface area (Å²) in [5.41, 5.74) is 4.83. The van der Waals surface area contributed by atoms with Crippen molar-refractivity contribution in [3.8, 4) is 5.75 Å². The predicted octanol–water partition coefficient (Wildman–Crippen LogP) is 5.01. The lowest BCUT2D eigenvalue weighted by atomic mass is 10.2. The molecule has 0 radical (unpaired) electrons. The molecule has 0 fully saturated rings. The summed E-state index contributed by atoms with van der Waals surface area (Å²) in [7, 11) is 1.69. The van der Waals surface area contributed by atoms with E-state index in [2.05, 4.69) is 70.3 Å². The highest BCUT2D eigenvalue weighted by molar-refractivity contribution is 5.90. The molecular formula is C23H23N3O. The summed E-state index contributed by atoms with van der Waals surface area (Å²) in [6, 6.07) is 22.9. The maximum absolute atomic E-state index is 5.26. The van der Waals surface area contributed by atoms with E-state index in [9.17, 15) is 0 Å². The van der Waals surface area contributed by atoms with Crippen LogP contribution in [0.2, 0.25) is 0 Å². The van der Waals surface area contributed by atoms with Gasteiger partial charge >= 0.3 is 0 Å². The van der Waals surface area contributed by atoms with Gasteiger partial charge < -0.3 is 14.6 Å². The quantitative estimate of drug-likeness (QED) is 0.527. The molecule has 0 unspecified atom stereocenters. The third-order valence-electron chi connectivity index (χ3n) is 4.82. The summed E-state index contributed by atoms with van der Waals surface area (Å²) in [4.78, 5) is 4.61. The van der Waals surface area contributed by atoms with Crippen LogP contribution in [-0.2, 0) is 13.1 Å². The van der Waals surface area contributed by atoms with Crippen LogP contribution in [0.15, 0.2) is 72.9 Å². The van der Waals surface area contributed by atoms with Gasteiger partial charge in [0.1, 0.15) is 5.75 Å². The van der Waals surface area contributed by atoms with E-state index < -0.39 is 0 Å². The van der Waals surface area contributed by atoms with E-state index >= 15 is 0 Å². The molecular weight excluding hydrogens is 334 g/mol. The predicted molar refractivity (Wildman–Crippen MR) is 110 cm³/mol. The second kappa shape index (κ2) is 7.54. The number of anilines is 1. The van der Waals surface area contributed by atoms with Crippen molar-refractivity contribution in [2.24, 2.45) is 0 Å². The number of methoxy groups -OCH3 is 1. The van der Waals surface area contributed by atoms with Crippen molar-refractivity contribution in [3.63, 3.8) is 0 Å². The van der Waals surface area contributed by atoms with Crippen LogP contribution in [0.4, 0.5) is 5.82 Å². The minimum Gasteiger partial charge on any atom is -0.497 e. The molecule has 0 atom stereocenters. The van der Waals surface area contributed by atoms with Gasteiger partial charge in [0, 0.05) is 30.4 Å². The summed E-state index contributed by atoms with van der Waals surface area (Å²) in [6.45, 7) is 3.69. The number of pyridine rings is 1. The van der Waals surface area contributed by atoms with Crippen LogP contribution in [-0.4, -0.2) is 16.7 Å². The molecule has 2 aromatic carbocycles. The fourth-order valence-corrected chi connectivity index (χ4v) is 3.38. The number of fused-ring (bicyclic) bond motifs is 1. The third kappa shape index (κ3) is 3.65. The minimum absolute atomic E-state index is 0.750. The molecule has 0 aliphatic heterocycles. The van der Waals surface area contributed by atoms with Crippen LogP contribution in [0, 0.1) is 6.92 Å². The molecule has 0 amide bonds. The Hall–Kier alpha value is -3.27. The molecule has 0 bridgehead atoms. The lowest BCUT2D eigenvalue weighted by Gasteiger charge is -2.13. The third-order valence-corrected chi connectivity index (χ3v) is 4.82. The Morgan fingerprint density at radius 2 is 1.74 bits per heavy atom. The number of aryl methyl sites for hydroxylation is 1. The average Bonchev–Trinajstić information content (AvgIpc) is 3.03. The van der Waals surface area contributed by atoms with Crippen molar-refractivity contribution in [1.29, 1.82) is 0 Å². The number of rotatable bonds is 6. The van der Waals surface area contributed by atoms with Crippen LogP contribution in [0.5, 0.6) is 5.75 Å². The number of hydrogen-bond donors (Lipinski definition) is 1. The fourth-order valence-electron chi connectivity index (χ4n) is 3.38. The summed E-state index contributed by atoms with van der Waals surface area (Å²) in [5.74, 6) is 1.79. The molecule has 4 aromatic rings. The van der Waals surface area contributed by atoms with E-state index in [0.717, 1.165) is 30.2 Å². The van der Waals surface area contributed by atoms with Gasteiger partial charge in [0.15, 0.2) is 5.82 Å². The molecule has 0 spiro atoms. The highest BCUT2D eigenvalue weighted by atomic mass is 16.5. The van der Waals surface area contributed by atoms with Gasteiger partial charge in [-0.15, -0.1) is 0 Å². The number of aromatic nitrogens is 2. The Labute approximate surface area is 159 Å². The highest BCUT2D eigenvalue weighted by Crippen LogP contribution is 2.27. The van der Waals surface area contributed by atoms with Crippen LogP contribution in [0.25, 0.3) is 10.9 Å². The molecule has 4 heteroatoms. The van der Waals surface area contributed by atoms with E-state index in [1.807, 2.05) is 24.4 Å². The van der Waals surface area contributed by atoms with Crippen molar-refractivity contribution < 1.29 is 4.74 Å². The van der Waals surface area contributed by atoms with Gasteiger partial charge in [-0.3, -0.25) is 0 Å². The first-order valence-corrected chi connectivity index (χ1v) is 9.10. The van der Waals surface area contributed by atoms with Crippen molar-refractivity contribution in [2.75, 3.05) is 12.4 Å². The zero-order chi connectivity index (χ0) is 18.6. The van der Waals surface area contributed by atoms with E-state index in [4.69, 9.17) is 4.74 Å². The minimum atomic E-state index is 0.750. The van der Waals surface area contributed by atoms with Gasteiger partial charge in [-0.05, 0) is 42.3 Å². The zero-order valence-corrected chi connectivity index (χ0v) is 15.6. The smallest absolute Gasteiger partial charge is 0.150 e. The van der Waals surface area contributed by atoms with Gasteiger partial charge in [0.2, 0.25) is 0 Å². The first-order valence-electron chi connectivity index (χ1n) is 9.10. The molecule has 4 rings (SSSR count). The first-order chi connectivity index (χ1) is 13.2. The molecule has 0 aliphatic carbocycles. The van der Waals surface area contributed by atoms with Crippen molar-refractivity contribution >= 4 is 16.7 Å². The number of nitrogens with one attached hydrogen (secondary N) is 1. The molecule has 1 N–H and O–H groups in total. The number of nitrogens with zero attached hydrogens (tertiary/aromatic N) is 2. The number of ether oxygens (including phenoxy) is 1. The molecule has 136 valence electrons. The first kappa shape index (κ1) is 17.2. The fraction of sp³-hybridized carbons (Fsp3) is 0.174. The summed E-state index contributed by atoms with van der Waals surface area (Å²) < 4.78 is 7.58. The van der Waals surface area contributed by atoms with Crippen molar-refractivity contribution in [2.45, 2.75) is 20.0 Å². The van der Waals surface area contributed by atoms with Gasteiger partial charge in [-0.2, -0.15) is 0 Å². The zero-order valence-electron chi connectivity index (χ0n) is 15.6. The largest absolute Gasteiger partial charge is 0.497 e. The van der Waals surface area contributed by atoms with Crippen LogP contribution in [0.1, 0.15) is 16.8 Å². The monoisotopic (exact) mass is 357 g/mol. The van der Waals surface area contributed by atoms with Gasteiger partial charge in [0.25, 0.3) is 0 Å². The Balaban J connectivity index is 1.66. The van der Waals surface area contributed by atoms with E-state index in [1.54, 1.807) is 7.11 Å². The van der Waals surface area contributed by atoms with Crippen molar-refractivity contribution in [3.05, 3.63) is 89.7 Å².